The Balaban J connectivity index is 1.51. The minimum Gasteiger partial charge on any atom is -0.481 e. The number of imidazole rings is 1. The third-order valence-corrected chi connectivity index (χ3v) is 11.0. The van der Waals surface area contributed by atoms with Gasteiger partial charge in [0.2, 0.25) is 11.8 Å². The number of carboxylic acids is 1. The van der Waals surface area contributed by atoms with Crippen LogP contribution in [0.1, 0.15) is 32.9 Å². The number of nitrogens with two attached hydrogens (primary N) is 1. The van der Waals surface area contributed by atoms with Gasteiger partial charge in [-0.1, -0.05) is 25.6 Å². The molecule has 2 amide bonds. The number of thioether (sulfide) groups is 1. The van der Waals surface area contributed by atoms with Crippen molar-refractivity contribution in [3.8, 4) is 0 Å². The van der Waals surface area contributed by atoms with E-state index in [0.29, 0.717) is 0 Å². The molecule has 0 aromatic carbocycles. The number of rotatable bonds is 21. The number of nitrogens with zero attached hydrogens (tertiary/aromatic N) is 4. The predicted molar refractivity (Wildman–Crippen MR) is 179 cm³/mol. The summed E-state index contributed by atoms with van der Waals surface area (Å²) in [7, 11) is -16.4. The van der Waals surface area contributed by atoms with E-state index in [2.05, 4.69) is 34.4 Å². The van der Waals surface area contributed by atoms with Gasteiger partial charge >= 0.3 is 29.4 Å². The van der Waals surface area contributed by atoms with Crippen LogP contribution in [0.4, 0.5) is 5.82 Å². The van der Waals surface area contributed by atoms with Gasteiger partial charge in [0.05, 0.1) is 19.5 Å². The molecule has 1 saturated heterocycles. The Hall–Kier alpha value is -2.97. The van der Waals surface area contributed by atoms with Crippen molar-refractivity contribution in [2.75, 3.05) is 37.8 Å². The third kappa shape index (κ3) is 13.6. The number of hydrogen-bond acceptors (Lipinski definition) is 19. The van der Waals surface area contributed by atoms with Crippen molar-refractivity contribution in [3.63, 3.8) is 0 Å². The highest BCUT2D eigenvalue weighted by Gasteiger charge is 2.50. The minimum absolute atomic E-state index is 0.0185. The second kappa shape index (κ2) is 18.8. The van der Waals surface area contributed by atoms with Crippen molar-refractivity contribution >= 4 is 75.1 Å². The molecule has 3 heterocycles. The van der Waals surface area contributed by atoms with Crippen LogP contribution in [0.25, 0.3) is 11.2 Å². The number of ether oxygens (including phenoxy) is 1. The second-order valence-electron chi connectivity index (χ2n) is 11.9. The van der Waals surface area contributed by atoms with E-state index in [1.54, 1.807) is 0 Å². The van der Waals surface area contributed by atoms with Gasteiger partial charge in [-0.15, -0.1) is 0 Å². The van der Waals surface area contributed by atoms with E-state index in [1.807, 2.05) is 0 Å². The first-order valence-electron chi connectivity index (χ1n) is 15.2. The summed E-state index contributed by atoms with van der Waals surface area (Å²) in [6, 6.07) is 0. The fourth-order valence-corrected chi connectivity index (χ4v) is 7.96. The lowest BCUT2D eigenvalue weighted by molar-refractivity contribution is -0.139. The molecular formula is C24H38N7O19P3S. The number of aliphatic carboxylic acids is 1. The van der Waals surface area contributed by atoms with E-state index >= 15 is 0 Å². The van der Waals surface area contributed by atoms with Crippen LogP contribution in [0, 0.1) is 5.41 Å². The first-order chi connectivity index (χ1) is 24.9. The fourth-order valence-electron chi connectivity index (χ4n) is 4.47. The molecule has 0 spiro atoms. The molecule has 2 aromatic heterocycles. The molecule has 26 nitrogen and oxygen atoms in total. The number of fused-ring (bicyclic) bond motifs is 1. The number of hydrogen-bond donors (Lipinski definition) is 10. The van der Waals surface area contributed by atoms with Gasteiger partial charge in [-0.25, -0.2) is 28.6 Å². The van der Waals surface area contributed by atoms with Crippen LogP contribution < -0.4 is 16.4 Å². The summed E-state index contributed by atoms with van der Waals surface area (Å²) in [5.74, 6) is -2.80. The average molecular weight is 854 g/mol. The van der Waals surface area contributed by atoms with Crippen molar-refractivity contribution < 1.29 is 90.4 Å². The largest absolute Gasteiger partial charge is 0.481 e. The van der Waals surface area contributed by atoms with Crippen molar-refractivity contribution in [2.24, 2.45) is 5.41 Å². The van der Waals surface area contributed by atoms with Gasteiger partial charge < -0.3 is 56.0 Å². The molecule has 7 atom stereocenters. The van der Waals surface area contributed by atoms with Gasteiger partial charge in [-0.3, -0.25) is 37.3 Å². The van der Waals surface area contributed by atoms with Crippen molar-refractivity contribution in [2.45, 2.75) is 57.3 Å². The van der Waals surface area contributed by atoms with E-state index in [9.17, 15) is 62.7 Å². The summed E-state index contributed by atoms with van der Waals surface area (Å²) < 4.78 is 61.8. The highest BCUT2D eigenvalue weighted by Crippen LogP contribution is 2.61. The van der Waals surface area contributed by atoms with Crippen molar-refractivity contribution in [3.05, 3.63) is 12.7 Å². The number of amides is 2. The Kier molecular flexibility index (Phi) is 15.8. The van der Waals surface area contributed by atoms with Gasteiger partial charge in [0.1, 0.15) is 42.7 Å². The number of carboxylic acid groups (broad SMARTS) is 1. The van der Waals surface area contributed by atoms with E-state index < -0.39 is 102 Å². The van der Waals surface area contributed by atoms with Gasteiger partial charge in [-0.2, -0.15) is 4.31 Å². The van der Waals surface area contributed by atoms with E-state index in [1.165, 1.54) is 13.8 Å². The number of nitrogens with one attached hydrogen (secondary N) is 2. The zero-order valence-corrected chi connectivity index (χ0v) is 31.6. The molecular weight excluding hydrogens is 815 g/mol. The normalized spacial score (nSPS) is 21.9. The highest BCUT2D eigenvalue weighted by atomic mass is 32.2. The van der Waals surface area contributed by atoms with Crippen LogP contribution in [-0.2, 0) is 55.5 Å². The molecule has 30 heteroatoms. The van der Waals surface area contributed by atoms with Gasteiger partial charge in [0.15, 0.2) is 22.8 Å². The maximum atomic E-state index is 12.6. The Morgan fingerprint density at radius 3 is 2.37 bits per heavy atom. The van der Waals surface area contributed by atoms with Crippen LogP contribution in [0.2, 0.25) is 0 Å². The molecule has 1 aliphatic rings. The standard InChI is InChI=1S/C24H38N7O19P3S/c1-24(2,19(37)22(38)27-4-3-13(32)26-5-6-54-15(35)7-14(33)34)9-47-53(44,45)50-52(42,43)46-8-12-18(49-51(39,40)41)17(36)23(48-12)31-11-30-16-20(25)28-10-29-21(16)31/h10-12,17-19,23,36-37H,3-9H2,1-2H3,(H,26,32)(H,27,38)(H,33,34)(H,42,43)(H,44,45)(H2,25,28,29)(H2,39,40,41). The number of aromatic nitrogens is 4. The summed E-state index contributed by atoms with van der Waals surface area (Å²) in [6.07, 6.45) is -7.78. The lowest BCUT2D eigenvalue weighted by atomic mass is 9.87. The van der Waals surface area contributed by atoms with Gasteiger partial charge in [-0.05, 0) is 0 Å². The minimum atomic E-state index is -5.59. The molecule has 0 aliphatic carbocycles. The number of anilines is 1. The van der Waals surface area contributed by atoms with Crippen molar-refractivity contribution in [1.82, 2.24) is 30.2 Å². The molecule has 3 rings (SSSR count). The molecule has 11 N–H and O–H groups in total. The summed E-state index contributed by atoms with van der Waals surface area (Å²) >= 11 is 0.718. The average Bonchev–Trinajstić information content (AvgIpc) is 3.60. The van der Waals surface area contributed by atoms with Crippen LogP contribution in [-0.4, -0.2) is 134 Å². The Labute approximate surface area is 308 Å². The van der Waals surface area contributed by atoms with Crippen LogP contribution >= 0.6 is 35.2 Å². The maximum absolute atomic E-state index is 12.6. The molecule has 7 unspecified atom stereocenters. The number of phosphoric ester groups is 3. The Morgan fingerprint density at radius 2 is 1.72 bits per heavy atom. The zero-order valence-electron chi connectivity index (χ0n) is 28.1. The van der Waals surface area contributed by atoms with Crippen molar-refractivity contribution in [1.29, 1.82) is 0 Å². The number of aliphatic hydroxyl groups excluding tert-OH is 2. The molecule has 0 saturated carbocycles. The first-order valence-corrected chi connectivity index (χ1v) is 20.7. The fraction of sp³-hybridized carbons (Fsp3) is 0.625. The summed E-state index contributed by atoms with van der Waals surface area (Å²) in [5.41, 5.74) is 4.19. The summed E-state index contributed by atoms with van der Waals surface area (Å²) in [6.45, 7) is 0.132. The molecule has 0 bridgehead atoms. The molecule has 2 aromatic rings. The SMILES string of the molecule is CC(C)(COP(=O)(O)OP(=O)(O)OCC1OC(n2cnc3c(N)ncnc32)C(O)C1OP(=O)(O)O)C(O)C(=O)NCCC(=O)NCCSC(=O)CC(=O)O. The molecule has 1 aliphatic heterocycles. The molecule has 0 radical (unpaired) electrons. The summed E-state index contributed by atoms with van der Waals surface area (Å²) in [4.78, 5) is 97.0. The Bertz CT molecular complexity index is 1830. The van der Waals surface area contributed by atoms with E-state index in [-0.39, 0.29) is 42.2 Å². The number of carbonyl (C=O) groups excluding carboxylic acids is 3. The van der Waals surface area contributed by atoms with E-state index in [0.717, 1.165) is 29.0 Å². The predicted octanol–water partition coefficient (Wildman–Crippen LogP) is -1.86. The topological polar surface area (TPSA) is 401 Å². The van der Waals surface area contributed by atoms with Crippen LogP contribution in [0.5, 0.6) is 0 Å². The molecule has 54 heavy (non-hydrogen) atoms. The van der Waals surface area contributed by atoms with Crippen LogP contribution in [0.3, 0.4) is 0 Å². The molecule has 1 fully saturated rings. The first kappa shape index (κ1) is 45.4. The maximum Gasteiger partial charge on any atom is 0.481 e. The highest BCUT2D eigenvalue weighted by molar-refractivity contribution is 8.13. The Morgan fingerprint density at radius 1 is 1.06 bits per heavy atom. The monoisotopic (exact) mass is 853 g/mol. The number of phosphoric acid groups is 3. The lowest BCUT2D eigenvalue weighted by Crippen LogP contribution is -2.46. The number of nitrogen functional groups attached to an aromatic ring is 1. The van der Waals surface area contributed by atoms with Gasteiger partial charge in [0, 0.05) is 30.7 Å². The molecule has 304 valence electrons. The van der Waals surface area contributed by atoms with E-state index in [4.69, 9.17) is 24.6 Å². The summed E-state index contributed by atoms with van der Waals surface area (Å²) in [5, 5.41) is 34.0. The lowest BCUT2D eigenvalue weighted by Gasteiger charge is -2.30. The third-order valence-electron chi connectivity index (χ3n) is 7.06. The second-order valence-corrected chi connectivity index (χ2v) is 17.2. The van der Waals surface area contributed by atoms with Gasteiger partial charge in [0.25, 0.3) is 0 Å². The smallest absolute Gasteiger partial charge is 0.481 e. The quantitative estimate of drug-likeness (QED) is 0.0374. The number of carbonyl (C=O) groups is 4. The zero-order chi connectivity index (χ0) is 40.6. The number of aliphatic hydroxyl groups is 2. The van der Waals surface area contributed by atoms with Crippen LogP contribution in [0.15, 0.2) is 12.7 Å².